The molecule has 0 bridgehead atoms. The van der Waals surface area contributed by atoms with Crippen LogP contribution in [0.1, 0.15) is 11.9 Å². The van der Waals surface area contributed by atoms with Gasteiger partial charge < -0.3 is 19.5 Å². The van der Waals surface area contributed by atoms with E-state index in [9.17, 15) is 9.90 Å². The molecule has 7 heteroatoms. The maximum atomic E-state index is 12.3. The summed E-state index contributed by atoms with van der Waals surface area (Å²) in [4.78, 5) is 18.5. The smallest absolute Gasteiger partial charge is 0.267 e. The number of aliphatic hydroxyl groups is 1. The number of aliphatic hydroxyl groups excluding tert-OH is 1. The summed E-state index contributed by atoms with van der Waals surface area (Å²) in [6.07, 6.45) is 0.233. The van der Waals surface area contributed by atoms with Crippen molar-refractivity contribution in [3.63, 3.8) is 0 Å². The van der Waals surface area contributed by atoms with Crippen LogP contribution in [-0.4, -0.2) is 49.0 Å². The molecule has 0 spiro atoms. The fourth-order valence-electron chi connectivity index (χ4n) is 2.64. The number of amides is 1. The van der Waals surface area contributed by atoms with Gasteiger partial charge in [0.25, 0.3) is 5.91 Å². The third kappa shape index (κ3) is 3.28. The molecule has 1 N–H and O–H groups in total. The molecule has 0 saturated carbocycles. The van der Waals surface area contributed by atoms with Crippen molar-refractivity contribution in [2.45, 2.75) is 19.4 Å². The van der Waals surface area contributed by atoms with Crippen molar-refractivity contribution in [1.82, 2.24) is 4.98 Å². The molecular weight excluding hydrogens is 328 g/mol. The van der Waals surface area contributed by atoms with Crippen molar-refractivity contribution in [2.75, 3.05) is 31.8 Å². The summed E-state index contributed by atoms with van der Waals surface area (Å²) < 4.78 is 10.7. The number of ether oxygens (including phenoxy) is 2. The van der Waals surface area contributed by atoms with Crippen molar-refractivity contribution in [3.05, 3.63) is 28.6 Å². The number of anilines is 1. The second kappa shape index (κ2) is 7.29. The second-order valence-corrected chi connectivity index (χ2v) is 6.47. The van der Waals surface area contributed by atoms with E-state index in [0.29, 0.717) is 18.0 Å². The van der Waals surface area contributed by atoms with Crippen LogP contribution in [0.25, 0.3) is 11.3 Å². The summed E-state index contributed by atoms with van der Waals surface area (Å²) in [6, 6.07) is 5.68. The summed E-state index contributed by atoms with van der Waals surface area (Å²) in [7, 11) is 1.67. The number of aromatic nitrogens is 1. The van der Waals surface area contributed by atoms with Gasteiger partial charge in [-0.15, -0.1) is 11.3 Å². The first-order valence-corrected chi connectivity index (χ1v) is 8.68. The lowest BCUT2D eigenvalue weighted by Crippen LogP contribution is -2.45. The molecule has 1 atom stereocenters. The standard InChI is InChI=1S/C17H20N2O4S/c1-11-17(21)19(6-7-20)14-9-12(3-4-15(14)23-11)13-10-24-16(18-13)5-8-22-2/h3-4,9-11,20H,5-8H2,1-2H3. The maximum Gasteiger partial charge on any atom is 0.267 e. The zero-order chi connectivity index (χ0) is 17.1. The van der Waals surface area contributed by atoms with Crippen LogP contribution in [0.2, 0.25) is 0 Å². The first-order valence-electron chi connectivity index (χ1n) is 7.80. The average Bonchev–Trinajstić information content (AvgIpc) is 3.06. The highest BCUT2D eigenvalue weighted by molar-refractivity contribution is 7.09. The van der Waals surface area contributed by atoms with Crippen LogP contribution in [0, 0.1) is 0 Å². The van der Waals surface area contributed by atoms with Gasteiger partial charge in [0.05, 0.1) is 29.6 Å². The Kier molecular flexibility index (Phi) is 5.13. The quantitative estimate of drug-likeness (QED) is 0.866. The molecule has 0 fully saturated rings. The van der Waals surface area contributed by atoms with Crippen molar-refractivity contribution < 1.29 is 19.4 Å². The van der Waals surface area contributed by atoms with E-state index >= 15 is 0 Å². The van der Waals surface area contributed by atoms with Crippen LogP contribution in [0.5, 0.6) is 5.75 Å². The second-order valence-electron chi connectivity index (χ2n) is 5.53. The maximum absolute atomic E-state index is 12.3. The minimum absolute atomic E-state index is 0.0972. The Morgan fingerprint density at radius 2 is 2.29 bits per heavy atom. The predicted octanol–water partition coefficient (Wildman–Crippen LogP) is 2.11. The molecular formula is C17H20N2O4S. The van der Waals surface area contributed by atoms with Gasteiger partial charge in [0.15, 0.2) is 6.10 Å². The molecule has 1 unspecified atom stereocenters. The van der Waals surface area contributed by atoms with Crippen molar-refractivity contribution >= 4 is 22.9 Å². The molecule has 1 aromatic heterocycles. The molecule has 0 saturated heterocycles. The van der Waals surface area contributed by atoms with E-state index in [1.54, 1.807) is 30.3 Å². The third-order valence-electron chi connectivity index (χ3n) is 3.86. The van der Waals surface area contributed by atoms with Crippen LogP contribution in [0.4, 0.5) is 5.69 Å². The Balaban J connectivity index is 1.92. The van der Waals surface area contributed by atoms with E-state index in [1.165, 1.54) is 0 Å². The summed E-state index contributed by atoms with van der Waals surface area (Å²) in [5.74, 6) is 0.502. The normalized spacial score (nSPS) is 16.9. The minimum Gasteiger partial charge on any atom is -0.479 e. The molecule has 128 valence electrons. The number of carbonyl (C=O) groups excluding carboxylic acids is 1. The first kappa shape index (κ1) is 16.9. The predicted molar refractivity (Wildman–Crippen MR) is 92.7 cm³/mol. The number of thiazole rings is 1. The van der Waals surface area contributed by atoms with Crippen molar-refractivity contribution in [1.29, 1.82) is 0 Å². The van der Waals surface area contributed by atoms with Gasteiger partial charge in [0.1, 0.15) is 5.75 Å². The number of carbonyl (C=O) groups is 1. The van der Waals surface area contributed by atoms with Crippen LogP contribution < -0.4 is 9.64 Å². The summed E-state index contributed by atoms with van der Waals surface area (Å²) in [6.45, 7) is 2.51. The zero-order valence-electron chi connectivity index (χ0n) is 13.7. The molecule has 2 heterocycles. The van der Waals surface area contributed by atoms with Crippen LogP contribution in [0.15, 0.2) is 23.6 Å². The highest BCUT2D eigenvalue weighted by atomic mass is 32.1. The average molecular weight is 348 g/mol. The van der Waals surface area contributed by atoms with Gasteiger partial charge in [-0.25, -0.2) is 4.98 Å². The van der Waals surface area contributed by atoms with Gasteiger partial charge in [-0.1, -0.05) is 0 Å². The lowest BCUT2D eigenvalue weighted by Gasteiger charge is -2.32. The molecule has 3 rings (SSSR count). The lowest BCUT2D eigenvalue weighted by atomic mass is 10.1. The van der Waals surface area contributed by atoms with Gasteiger partial charge in [-0.05, 0) is 25.1 Å². The number of fused-ring (bicyclic) bond motifs is 1. The first-order chi connectivity index (χ1) is 11.6. The van der Waals surface area contributed by atoms with Crippen LogP contribution in [-0.2, 0) is 16.0 Å². The van der Waals surface area contributed by atoms with Gasteiger partial charge in [0.2, 0.25) is 0 Å². The summed E-state index contributed by atoms with van der Waals surface area (Å²) in [5, 5.41) is 12.3. The van der Waals surface area contributed by atoms with E-state index in [2.05, 4.69) is 4.98 Å². The fraction of sp³-hybridized carbons (Fsp3) is 0.412. The number of hydrogen-bond acceptors (Lipinski definition) is 6. The minimum atomic E-state index is -0.546. The van der Waals surface area contributed by atoms with E-state index in [-0.39, 0.29) is 19.1 Å². The summed E-state index contributed by atoms with van der Waals surface area (Å²) >= 11 is 1.59. The molecule has 0 aliphatic carbocycles. The lowest BCUT2D eigenvalue weighted by molar-refractivity contribution is -0.125. The molecule has 0 radical (unpaired) electrons. The summed E-state index contributed by atoms with van der Waals surface area (Å²) in [5.41, 5.74) is 2.46. The topological polar surface area (TPSA) is 71.9 Å². The fourth-order valence-corrected chi connectivity index (χ4v) is 3.43. The largest absolute Gasteiger partial charge is 0.479 e. The molecule has 24 heavy (non-hydrogen) atoms. The van der Waals surface area contributed by atoms with Gasteiger partial charge >= 0.3 is 0 Å². The number of β-amino-alcohol motifs (C(OH)–C–C–N with tert-alkyl or cyclic N) is 1. The molecule has 1 amide bonds. The van der Waals surface area contributed by atoms with Gasteiger partial charge in [-0.2, -0.15) is 0 Å². The molecule has 1 aliphatic heterocycles. The third-order valence-corrected chi connectivity index (χ3v) is 4.77. The Morgan fingerprint density at radius 1 is 1.46 bits per heavy atom. The van der Waals surface area contributed by atoms with Gasteiger partial charge in [-0.3, -0.25) is 4.79 Å². The monoisotopic (exact) mass is 348 g/mol. The van der Waals surface area contributed by atoms with Crippen LogP contribution >= 0.6 is 11.3 Å². The number of nitrogens with zero attached hydrogens (tertiary/aromatic N) is 2. The van der Waals surface area contributed by atoms with E-state index in [4.69, 9.17) is 9.47 Å². The molecule has 1 aromatic carbocycles. The molecule has 2 aromatic rings. The zero-order valence-corrected chi connectivity index (χ0v) is 14.5. The Bertz CT molecular complexity index is 731. The number of rotatable bonds is 6. The molecule has 1 aliphatic rings. The Hall–Kier alpha value is -1.96. The molecule has 6 nitrogen and oxygen atoms in total. The number of benzene rings is 1. The highest BCUT2D eigenvalue weighted by Gasteiger charge is 2.31. The van der Waals surface area contributed by atoms with Crippen molar-refractivity contribution in [2.24, 2.45) is 0 Å². The van der Waals surface area contributed by atoms with Crippen molar-refractivity contribution in [3.8, 4) is 17.0 Å². The van der Waals surface area contributed by atoms with E-state index in [0.717, 1.165) is 22.7 Å². The Morgan fingerprint density at radius 3 is 3.04 bits per heavy atom. The highest BCUT2D eigenvalue weighted by Crippen LogP contribution is 2.37. The van der Waals surface area contributed by atoms with Gasteiger partial charge in [0, 0.05) is 31.0 Å². The van der Waals surface area contributed by atoms with E-state index < -0.39 is 6.10 Å². The SMILES string of the molecule is COCCc1nc(-c2ccc3c(c2)N(CCO)C(=O)C(C)O3)cs1. The van der Waals surface area contributed by atoms with Crippen LogP contribution in [0.3, 0.4) is 0 Å². The number of hydrogen-bond donors (Lipinski definition) is 1. The number of methoxy groups -OCH3 is 1. The van der Waals surface area contributed by atoms with E-state index in [1.807, 2.05) is 23.6 Å². The Labute approximate surface area is 144 Å².